The molecule has 1 atom stereocenters. The van der Waals surface area contributed by atoms with Crippen LogP contribution in [0.2, 0.25) is 0 Å². The van der Waals surface area contributed by atoms with Crippen molar-refractivity contribution in [2.45, 2.75) is 64.8 Å². The van der Waals surface area contributed by atoms with Crippen LogP contribution in [0.5, 0.6) is 0 Å². The van der Waals surface area contributed by atoms with E-state index in [-0.39, 0.29) is 0 Å². The second kappa shape index (κ2) is 6.38. The molecule has 106 valence electrons. The molecule has 2 rings (SSSR count). The van der Waals surface area contributed by atoms with Crippen LogP contribution in [-0.4, -0.2) is 36.6 Å². The molecule has 0 bridgehead atoms. The Morgan fingerprint density at radius 3 is 2.61 bits per heavy atom. The minimum absolute atomic E-state index is 0.533. The molecule has 1 saturated heterocycles. The molecule has 1 unspecified atom stereocenters. The van der Waals surface area contributed by atoms with Gasteiger partial charge in [0.25, 0.3) is 0 Å². The van der Waals surface area contributed by atoms with Crippen molar-refractivity contribution in [1.82, 2.24) is 10.2 Å². The molecule has 0 aromatic carbocycles. The first kappa shape index (κ1) is 14.3. The maximum atomic E-state index is 3.64. The van der Waals surface area contributed by atoms with Gasteiger partial charge in [0.1, 0.15) is 0 Å². The van der Waals surface area contributed by atoms with E-state index in [0.717, 1.165) is 11.8 Å². The molecule has 1 aliphatic carbocycles. The van der Waals surface area contributed by atoms with Crippen molar-refractivity contribution in [3.8, 4) is 0 Å². The fourth-order valence-electron chi connectivity index (χ4n) is 3.70. The molecule has 18 heavy (non-hydrogen) atoms. The van der Waals surface area contributed by atoms with Gasteiger partial charge in [0.05, 0.1) is 0 Å². The van der Waals surface area contributed by atoms with E-state index in [1.807, 2.05) is 0 Å². The van der Waals surface area contributed by atoms with Gasteiger partial charge in [-0.25, -0.2) is 0 Å². The topological polar surface area (TPSA) is 15.3 Å². The number of hydrogen-bond acceptors (Lipinski definition) is 2. The van der Waals surface area contributed by atoms with Gasteiger partial charge in [-0.05, 0) is 57.7 Å². The van der Waals surface area contributed by atoms with Crippen LogP contribution in [0.25, 0.3) is 0 Å². The highest BCUT2D eigenvalue weighted by molar-refractivity contribution is 4.93. The summed E-state index contributed by atoms with van der Waals surface area (Å²) < 4.78 is 0. The Morgan fingerprint density at radius 1 is 1.22 bits per heavy atom. The molecule has 2 nitrogen and oxygen atoms in total. The summed E-state index contributed by atoms with van der Waals surface area (Å²) in [6.07, 6.45) is 8.62. The number of nitrogens with one attached hydrogen (secondary N) is 1. The predicted molar refractivity (Wildman–Crippen MR) is 78.9 cm³/mol. The van der Waals surface area contributed by atoms with Crippen molar-refractivity contribution in [3.63, 3.8) is 0 Å². The summed E-state index contributed by atoms with van der Waals surface area (Å²) in [5.41, 5.74) is 0.533. The standard InChI is InChI=1S/C16H32N2/c1-14(2)11-17-12-15-7-10-18(13-15)16(3)8-5-4-6-9-16/h14-15,17H,4-13H2,1-3H3. The molecule has 0 radical (unpaired) electrons. The largest absolute Gasteiger partial charge is 0.316 e. The second-order valence-corrected chi connectivity index (χ2v) is 7.21. The van der Waals surface area contributed by atoms with E-state index in [4.69, 9.17) is 0 Å². The van der Waals surface area contributed by atoms with Crippen molar-refractivity contribution in [2.75, 3.05) is 26.2 Å². The van der Waals surface area contributed by atoms with Gasteiger partial charge in [0.15, 0.2) is 0 Å². The zero-order chi connectivity index (χ0) is 13.0. The van der Waals surface area contributed by atoms with Crippen molar-refractivity contribution in [1.29, 1.82) is 0 Å². The predicted octanol–water partition coefficient (Wildman–Crippen LogP) is 3.28. The summed E-state index contributed by atoms with van der Waals surface area (Å²) in [6.45, 7) is 12.2. The van der Waals surface area contributed by atoms with E-state index in [9.17, 15) is 0 Å². The van der Waals surface area contributed by atoms with Crippen LogP contribution in [0.3, 0.4) is 0 Å². The van der Waals surface area contributed by atoms with Crippen molar-refractivity contribution in [3.05, 3.63) is 0 Å². The normalized spacial score (nSPS) is 29.0. The van der Waals surface area contributed by atoms with Gasteiger partial charge in [-0.3, -0.25) is 4.90 Å². The molecule has 1 heterocycles. The monoisotopic (exact) mass is 252 g/mol. The third-order valence-electron chi connectivity index (χ3n) is 4.97. The molecule has 1 N–H and O–H groups in total. The summed E-state index contributed by atoms with van der Waals surface area (Å²) in [6, 6.07) is 0. The maximum Gasteiger partial charge on any atom is 0.0181 e. The zero-order valence-corrected chi connectivity index (χ0v) is 12.7. The molecule has 0 spiro atoms. The first-order valence-corrected chi connectivity index (χ1v) is 8.06. The number of hydrogen-bond donors (Lipinski definition) is 1. The van der Waals surface area contributed by atoms with E-state index in [0.29, 0.717) is 5.54 Å². The molecule has 2 heteroatoms. The Morgan fingerprint density at radius 2 is 1.94 bits per heavy atom. The van der Waals surface area contributed by atoms with Crippen LogP contribution < -0.4 is 5.32 Å². The van der Waals surface area contributed by atoms with Crippen LogP contribution in [0.15, 0.2) is 0 Å². The van der Waals surface area contributed by atoms with E-state index in [1.54, 1.807) is 0 Å². The van der Waals surface area contributed by atoms with Gasteiger partial charge >= 0.3 is 0 Å². The Hall–Kier alpha value is -0.0800. The van der Waals surface area contributed by atoms with Crippen LogP contribution in [0.1, 0.15) is 59.3 Å². The van der Waals surface area contributed by atoms with E-state index >= 15 is 0 Å². The Labute approximate surface area is 114 Å². The lowest BCUT2D eigenvalue weighted by atomic mass is 9.82. The molecule has 0 aromatic heterocycles. The lowest BCUT2D eigenvalue weighted by molar-refractivity contribution is 0.0869. The quantitative estimate of drug-likeness (QED) is 0.808. The molecule has 0 amide bonds. The first-order valence-electron chi connectivity index (χ1n) is 8.06. The SMILES string of the molecule is CC(C)CNCC1CCN(C2(C)CCCCC2)C1. The van der Waals surface area contributed by atoms with E-state index in [1.165, 1.54) is 64.7 Å². The Bertz CT molecular complexity index is 243. The molecule has 1 saturated carbocycles. The second-order valence-electron chi connectivity index (χ2n) is 7.21. The van der Waals surface area contributed by atoms with Crippen molar-refractivity contribution in [2.24, 2.45) is 11.8 Å². The van der Waals surface area contributed by atoms with Gasteiger partial charge in [-0.1, -0.05) is 33.1 Å². The van der Waals surface area contributed by atoms with Crippen LogP contribution in [0, 0.1) is 11.8 Å². The zero-order valence-electron chi connectivity index (χ0n) is 12.7. The third-order valence-corrected chi connectivity index (χ3v) is 4.97. The van der Waals surface area contributed by atoms with E-state index < -0.39 is 0 Å². The number of rotatable bonds is 5. The van der Waals surface area contributed by atoms with E-state index in [2.05, 4.69) is 31.0 Å². The summed E-state index contributed by atoms with van der Waals surface area (Å²) in [4.78, 5) is 2.80. The average Bonchev–Trinajstić information content (AvgIpc) is 2.79. The summed E-state index contributed by atoms with van der Waals surface area (Å²) in [7, 11) is 0. The Balaban J connectivity index is 1.73. The highest BCUT2D eigenvalue weighted by atomic mass is 15.2. The third kappa shape index (κ3) is 3.71. The molecule has 2 aliphatic rings. The minimum atomic E-state index is 0.533. The molecular formula is C16H32N2. The average molecular weight is 252 g/mol. The lowest BCUT2D eigenvalue weighted by Crippen LogP contribution is -2.46. The fraction of sp³-hybridized carbons (Fsp3) is 1.00. The van der Waals surface area contributed by atoms with Crippen LogP contribution in [0.4, 0.5) is 0 Å². The molecule has 2 fully saturated rings. The summed E-state index contributed by atoms with van der Waals surface area (Å²) in [5, 5.41) is 3.64. The smallest absolute Gasteiger partial charge is 0.0181 e. The summed E-state index contributed by atoms with van der Waals surface area (Å²) >= 11 is 0. The molecule has 1 aliphatic heterocycles. The van der Waals surface area contributed by atoms with Gasteiger partial charge in [0, 0.05) is 12.1 Å². The summed E-state index contributed by atoms with van der Waals surface area (Å²) in [5.74, 6) is 1.67. The Kier molecular flexibility index (Phi) is 5.08. The highest BCUT2D eigenvalue weighted by Gasteiger charge is 2.37. The van der Waals surface area contributed by atoms with Crippen LogP contribution in [-0.2, 0) is 0 Å². The first-order chi connectivity index (χ1) is 8.60. The molecule has 0 aromatic rings. The highest BCUT2D eigenvalue weighted by Crippen LogP contribution is 2.36. The van der Waals surface area contributed by atoms with Gasteiger partial charge < -0.3 is 5.32 Å². The van der Waals surface area contributed by atoms with Crippen molar-refractivity contribution >= 4 is 0 Å². The van der Waals surface area contributed by atoms with Gasteiger partial charge in [-0.15, -0.1) is 0 Å². The van der Waals surface area contributed by atoms with Crippen LogP contribution >= 0.6 is 0 Å². The number of likely N-dealkylation sites (tertiary alicyclic amines) is 1. The van der Waals surface area contributed by atoms with Gasteiger partial charge in [-0.2, -0.15) is 0 Å². The van der Waals surface area contributed by atoms with Crippen molar-refractivity contribution < 1.29 is 0 Å². The lowest BCUT2D eigenvalue weighted by Gasteiger charge is -2.42. The number of nitrogens with zero attached hydrogens (tertiary/aromatic N) is 1. The fourth-order valence-corrected chi connectivity index (χ4v) is 3.70. The van der Waals surface area contributed by atoms with Gasteiger partial charge in [0.2, 0.25) is 0 Å². The maximum absolute atomic E-state index is 3.64. The molecular weight excluding hydrogens is 220 g/mol. The minimum Gasteiger partial charge on any atom is -0.316 e.